The minimum Gasteiger partial charge on any atom is -0.308 e. The van der Waals surface area contributed by atoms with Crippen molar-refractivity contribution in [3.05, 3.63) is 64.0 Å². The summed E-state index contributed by atoms with van der Waals surface area (Å²) in [7, 11) is -2.25. The zero-order valence-corrected chi connectivity index (χ0v) is 17.1. The van der Waals surface area contributed by atoms with Crippen molar-refractivity contribution >= 4 is 33.0 Å². The standard InChI is InChI=1S/C20H19N3O3S2/c1-13-22-18(12-27-13)14-6-7-19-15(10-14)8-9-23(19)20(24)16-4-3-5-17(11-16)28(25,26)21-2/h3-7,10-12,21H,8-9H2,1-2H3. The molecule has 0 bridgehead atoms. The third kappa shape index (κ3) is 3.34. The number of rotatable bonds is 4. The van der Waals surface area contributed by atoms with Crippen LogP contribution in [-0.4, -0.2) is 32.9 Å². The number of aromatic nitrogens is 1. The number of hydrogen-bond donors (Lipinski definition) is 1. The summed E-state index contributed by atoms with van der Waals surface area (Å²) < 4.78 is 26.3. The number of sulfonamides is 1. The van der Waals surface area contributed by atoms with Crippen LogP contribution in [0.25, 0.3) is 11.3 Å². The van der Waals surface area contributed by atoms with Gasteiger partial charge in [-0.3, -0.25) is 4.79 Å². The first-order valence-corrected chi connectivity index (χ1v) is 11.2. The second kappa shape index (κ2) is 7.12. The van der Waals surface area contributed by atoms with E-state index in [1.165, 1.54) is 19.2 Å². The fourth-order valence-electron chi connectivity index (χ4n) is 3.34. The van der Waals surface area contributed by atoms with E-state index in [0.29, 0.717) is 12.1 Å². The SMILES string of the molecule is CNS(=O)(=O)c1cccc(C(=O)N2CCc3cc(-c4csc(C)n4)ccc32)c1. The van der Waals surface area contributed by atoms with Crippen LogP contribution >= 0.6 is 11.3 Å². The number of benzene rings is 2. The lowest BCUT2D eigenvalue weighted by atomic mass is 10.1. The molecular weight excluding hydrogens is 394 g/mol. The number of carbonyl (C=O) groups excluding carboxylic acids is 1. The van der Waals surface area contributed by atoms with Crippen LogP contribution in [0.2, 0.25) is 0 Å². The molecule has 2 aromatic carbocycles. The first-order chi connectivity index (χ1) is 13.4. The number of nitrogens with one attached hydrogen (secondary N) is 1. The Bertz CT molecular complexity index is 1170. The number of anilines is 1. The maximum atomic E-state index is 13.0. The molecule has 1 amide bonds. The quantitative estimate of drug-likeness (QED) is 0.712. The molecule has 144 valence electrons. The molecule has 1 aliphatic rings. The number of aryl methyl sites for hydroxylation is 1. The minimum atomic E-state index is -3.60. The summed E-state index contributed by atoms with van der Waals surface area (Å²) in [6, 6.07) is 12.1. The Labute approximate surface area is 167 Å². The molecular formula is C20H19N3O3S2. The zero-order chi connectivity index (χ0) is 19.9. The molecule has 1 aromatic heterocycles. The van der Waals surface area contributed by atoms with E-state index < -0.39 is 10.0 Å². The number of nitrogens with zero attached hydrogens (tertiary/aromatic N) is 2. The van der Waals surface area contributed by atoms with Crippen LogP contribution in [0.5, 0.6) is 0 Å². The van der Waals surface area contributed by atoms with Crippen LogP contribution in [0, 0.1) is 6.92 Å². The Morgan fingerprint density at radius 1 is 1.21 bits per heavy atom. The number of hydrogen-bond acceptors (Lipinski definition) is 5. The average Bonchev–Trinajstić information content (AvgIpc) is 3.33. The van der Waals surface area contributed by atoms with Crippen LogP contribution in [0.4, 0.5) is 5.69 Å². The van der Waals surface area contributed by atoms with Crippen molar-refractivity contribution < 1.29 is 13.2 Å². The van der Waals surface area contributed by atoms with E-state index in [9.17, 15) is 13.2 Å². The van der Waals surface area contributed by atoms with E-state index in [1.54, 1.807) is 28.4 Å². The molecule has 28 heavy (non-hydrogen) atoms. The van der Waals surface area contributed by atoms with E-state index in [4.69, 9.17) is 0 Å². The molecule has 2 heterocycles. The lowest BCUT2D eigenvalue weighted by Gasteiger charge is -2.18. The van der Waals surface area contributed by atoms with Gasteiger partial charge in [0.05, 0.1) is 15.6 Å². The Morgan fingerprint density at radius 3 is 2.75 bits per heavy atom. The fourth-order valence-corrected chi connectivity index (χ4v) is 4.74. The van der Waals surface area contributed by atoms with E-state index >= 15 is 0 Å². The molecule has 0 atom stereocenters. The number of fused-ring (bicyclic) bond motifs is 1. The van der Waals surface area contributed by atoms with Crippen LogP contribution in [0.1, 0.15) is 20.9 Å². The molecule has 0 saturated carbocycles. The van der Waals surface area contributed by atoms with E-state index in [-0.39, 0.29) is 10.8 Å². The summed E-state index contributed by atoms with van der Waals surface area (Å²) in [6.45, 7) is 2.54. The van der Waals surface area contributed by atoms with Crippen molar-refractivity contribution in [1.29, 1.82) is 0 Å². The lowest BCUT2D eigenvalue weighted by Crippen LogP contribution is -2.29. The van der Waals surface area contributed by atoms with Gasteiger partial charge in [-0.15, -0.1) is 11.3 Å². The smallest absolute Gasteiger partial charge is 0.258 e. The molecule has 4 rings (SSSR count). The van der Waals surface area contributed by atoms with E-state index in [2.05, 4.69) is 15.8 Å². The maximum Gasteiger partial charge on any atom is 0.258 e. The lowest BCUT2D eigenvalue weighted by molar-refractivity contribution is 0.0989. The predicted octanol–water partition coefficient (Wildman–Crippen LogP) is 3.23. The largest absolute Gasteiger partial charge is 0.308 e. The molecule has 1 N–H and O–H groups in total. The highest BCUT2D eigenvalue weighted by molar-refractivity contribution is 7.89. The Hall–Kier alpha value is -2.55. The molecule has 3 aromatic rings. The molecule has 0 spiro atoms. The molecule has 0 unspecified atom stereocenters. The topological polar surface area (TPSA) is 79.4 Å². The Morgan fingerprint density at radius 2 is 2.04 bits per heavy atom. The van der Waals surface area contributed by atoms with E-state index in [0.717, 1.165) is 33.9 Å². The van der Waals surface area contributed by atoms with Crippen molar-refractivity contribution in [3.63, 3.8) is 0 Å². The number of amides is 1. The normalized spacial score (nSPS) is 13.6. The van der Waals surface area contributed by atoms with E-state index in [1.807, 2.05) is 24.4 Å². The van der Waals surface area contributed by atoms with Crippen LogP contribution in [0.3, 0.4) is 0 Å². The van der Waals surface area contributed by atoms with Crippen molar-refractivity contribution in [2.45, 2.75) is 18.2 Å². The molecule has 0 aliphatic carbocycles. The van der Waals surface area contributed by atoms with Gasteiger partial charge in [-0.1, -0.05) is 12.1 Å². The van der Waals surface area contributed by atoms with Gasteiger partial charge in [-0.05, 0) is 56.3 Å². The van der Waals surface area contributed by atoms with Crippen molar-refractivity contribution in [2.24, 2.45) is 0 Å². The summed E-state index contributed by atoms with van der Waals surface area (Å²) in [5, 5.41) is 3.05. The Kier molecular flexibility index (Phi) is 4.78. The molecule has 8 heteroatoms. The van der Waals surface area contributed by atoms with Gasteiger partial charge in [0.15, 0.2) is 0 Å². The second-order valence-corrected chi connectivity index (χ2v) is 9.49. The van der Waals surface area contributed by atoms with Gasteiger partial charge in [0.1, 0.15) is 0 Å². The molecule has 0 radical (unpaired) electrons. The van der Waals surface area contributed by atoms with Gasteiger partial charge in [0.2, 0.25) is 10.0 Å². The van der Waals surface area contributed by atoms with Crippen LogP contribution in [0.15, 0.2) is 52.7 Å². The first kappa shape index (κ1) is 18.8. The number of thiazole rings is 1. The van der Waals surface area contributed by atoms with Crippen LogP contribution < -0.4 is 9.62 Å². The van der Waals surface area contributed by atoms with Gasteiger partial charge in [-0.2, -0.15) is 0 Å². The summed E-state index contributed by atoms with van der Waals surface area (Å²) >= 11 is 1.61. The zero-order valence-electron chi connectivity index (χ0n) is 15.5. The third-order valence-electron chi connectivity index (χ3n) is 4.79. The minimum absolute atomic E-state index is 0.0783. The summed E-state index contributed by atoms with van der Waals surface area (Å²) in [5.74, 6) is -0.204. The predicted molar refractivity (Wildman–Crippen MR) is 110 cm³/mol. The van der Waals surface area contributed by atoms with Gasteiger partial charge < -0.3 is 4.90 Å². The maximum absolute atomic E-state index is 13.0. The van der Waals surface area contributed by atoms with Crippen molar-refractivity contribution in [3.8, 4) is 11.3 Å². The monoisotopic (exact) mass is 413 g/mol. The molecule has 1 aliphatic heterocycles. The van der Waals surface area contributed by atoms with Gasteiger partial charge in [0.25, 0.3) is 5.91 Å². The van der Waals surface area contributed by atoms with Crippen LogP contribution in [-0.2, 0) is 16.4 Å². The van der Waals surface area contributed by atoms with Gasteiger partial charge in [-0.25, -0.2) is 18.1 Å². The van der Waals surface area contributed by atoms with Crippen molar-refractivity contribution in [1.82, 2.24) is 9.71 Å². The average molecular weight is 414 g/mol. The number of carbonyl (C=O) groups is 1. The van der Waals surface area contributed by atoms with Gasteiger partial charge >= 0.3 is 0 Å². The highest BCUT2D eigenvalue weighted by Crippen LogP contribution is 2.33. The highest BCUT2D eigenvalue weighted by atomic mass is 32.2. The molecule has 6 nitrogen and oxygen atoms in total. The Balaban J connectivity index is 1.64. The highest BCUT2D eigenvalue weighted by Gasteiger charge is 2.27. The third-order valence-corrected chi connectivity index (χ3v) is 6.98. The van der Waals surface area contributed by atoms with Gasteiger partial charge in [0, 0.05) is 28.7 Å². The summed E-state index contributed by atoms with van der Waals surface area (Å²) in [6.07, 6.45) is 0.756. The summed E-state index contributed by atoms with van der Waals surface area (Å²) in [5.41, 5.74) is 4.29. The fraction of sp³-hybridized carbons (Fsp3) is 0.200. The molecule has 0 saturated heterocycles. The molecule has 0 fully saturated rings. The first-order valence-electron chi connectivity index (χ1n) is 8.80. The summed E-state index contributed by atoms with van der Waals surface area (Å²) in [4.78, 5) is 19.3. The second-order valence-electron chi connectivity index (χ2n) is 6.54. The van der Waals surface area contributed by atoms with Crippen molar-refractivity contribution in [2.75, 3.05) is 18.5 Å².